The largest absolute Gasteiger partial charge is 0.378 e. The van der Waals surface area contributed by atoms with Crippen LogP contribution in [-0.4, -0.2) is 30.6 Å². The Hall–Kier alpha value is -2.04. The Morgan fingerprint density at radius 3 is 2.55 bits per heavy atom. The van der Waals surface area contributed by atoms with E-state index in [0.29, 0.717) is 6.54 Å². The molecular weight excluding hydrogens is 255 g/mol. The molecule has 0 unspecified atom stereocenters. The van der Waals surface area contributed by atoms with Gasteiger partial charge in [0.1, 0.15) is 6.67 Å². The zero-order valence-corrected chi connectivity index (χ0v) is 12.2. The summed E-state index contributed by atoms with van der Waals surface area (Å²) in [5, 5.41) is 7.59. The smallest absolute Gasteiger partial charge is 0.109 e. The summed E-state index contributed by atoms with van der Waals surface area (Å²) in [5.74, 6) is 0. The molecule has 1 N–H and O–H groups in total. The molecule has 2 aromatic rings. The summed E-state index contributed by atoms with van der Waals surface area (Å²) in [6.45, 7) is 2.56. The monoisotopic (exact) mass is 276 g/mol. The maximum absolute atomic E-state index is 12.3. The van der Waals surface area contributed by atoms with Gasteiger partial charge in [-0.1, -0.05) is 12.1 Å². The number of rotatable bonds is 6. The molecule has 1 aromatic carbocycles. The van der Waals surface area contributed by atoms with Gasteiger partial charge in [0.05, 0.1) is 17.9 Å². The Morgan fingerprint density at radius 1 is 1.25 bits per heavy atom. The molecule has 5 heteroatoms. The molecule has 108 valence electrons. The van der Waals surface area contributed by atoms with Crippen molar-refractivity contribution >= 4 is 11.4 Å². The number of aromatic nitrogens is 2. The summed E-state index contributed by atoms with van der Waals surface area (Å²) in [6, 6.07) is 8.39. The molecule has 0 bridgehead atoms. The van der Waals surface area contributed by atoms with Crippen LogP contribution in [-0.2, 0) is 13.1 Å². The van der Waals surface area contributed by atoms with E-state index in [1.807, 2.05) is 27.2 Å². The van der Waals surface area contributed by atoms with Gasteiger partial charge in [-0.15, -0.1) is 0 Å². The predicted molar refractivity (Wildman–Crippen MR) is 81.0 cm³/mol. The van der Waals surface area contributed by atoms with Crippen molar-refractivity contribution in [3.63, 3.8) is 0 Å². The highest BCUT2D eigenvalue weighted by Gasteiger charge is 2.04. The van der Waals surface area contributed by atoms with Crippen LogP contribution in [0.4, 0.5) is 15.8 Å². The zero-order chi connectivity index (χ0) is 14.5. The van der Waals surface area contributed by atoms with E-state index in [0.717, 1.165) is 17.9 Å². The second-order valence-electron chi connectivity index (χ2n) is 4.99. The Kier molecular flexibility index (Phi) is 4.61. The Labute approximate surface area is 119 Å². The highest BCUT2D eigenvalue weighted by molar-refractivity contribution is 5.48. The third kappa shape index (κ3) is 3.50. The minimum atomic E-state index is -0.396. The number of benzene rings is 1. The quantitative estimate of drug-likeness (QED) is 0.880. The van der Waals surface area contributed by atoms with Crippen LogP contribution in [0.3, 0.4) is 0 Å². The van der Waals surface area contributed by atoms with Crippen molar-refractivity contribution in [2.24, 2.45) is 0 Å². The highest BCUT2D eigenvalue weighted by Crippen LogP contribution is 2.16. The van der Waals surface area contributed by atoms with Gasteiger partial charge in [-0.3, -0.25) is 4.68 Å². The Bertz CT molecular complexity index is 546. The lowest BCUT2D eigenvalue weighted by Crippen LogP contribution is -2.08. The maximum Gasteiger partial charge on any atom is 0.109 e. The minimum Gasteiger partial charge on any atom is -0.378 e. The molecule has 0 aliphatic rings. The van der Waals surface area contributed by atoms with Crippen LogP contribution < -0.4 is 10.2 Å². The van der Waals surface area contributed by atoms with Gasteiger partial charge in [-0.05, 0) is 24.6 Å². The van der Waals surface area contributed by atoms with Crippen LogP contribution in [0.15, 0.2) is 30.5 Å². The van der Waals surface area contributed by atoms with Gasteiger partial charge in [0.2, 0.25) is 0 Å². The molecule has 1 aromatic heterocycles. The fourth-order valence-electron chi connectivity index (χ4n) is 2.00. The van der Waals surface area contributed by atoms with E-state index in [4.69, 9.17) is 0 Å². The Morgan fingerprint density at radius 2 is 1.95 bits per heavy atom. The lowest BCUT2D eigenvalue weighted by atomic mass is 10.2. The van der Waals surface area contributed by atoms with Gasteiger partial charge >= 0.3 is 0 Å². The number of alkyl halides is 1. The van der Waals surface area contributed by atoms with E-state index in [-0.39, 0.29) is 0 Å². The second kappa shape index (κ2) is 6.41. The lowest BCUT2D eigenvalue weighted by molar-refractivity contribution is 0.426. The SMILES string of the molecule is Cc1nn(CCF)cc1NCc1ccc(N(C)C)cc1. The van der Waals surface area contributed by atoms with Crippen LogP contribution in [0, 0.1) is 6.92 Å². The zero-order valence-electron chi connectivity index (χ0n) is 12.2. The maximum atomic E-state index is 12.3. The molecule has 4 nitrogen and oxygen atoms in total. The number of anilines is 2. The van der Waals surface area contributed by atoms with Crippen molar-refractivity contribution in [3.05, 3.63) is 41.7 Å². The van der Waals surface area contributed by atoms with Gasteiger partial charge in [0, 0.05) is 32.5 Å². The number of hydrogen-bond donors (Lipinski definition) is 1. The summed E-state index contributed by atoms with van der Waals surface area (Å²) < 4.78 is 13.9. The number of halogens is 1. The molecule has 20 heavy (non-hydrogen) atoms. The fraction of sp³-hybridized carbons (Fsp3) is 0.400. The van der Waals surface area contributed by atoms with Crippen LogP contribution >= 0.6 is 0 Å². The molecular formula is C15H21FN4. The van der Waals surface area contributed by atoms with E-state index in [1.165, 1.54) is 11.3 Å². The van der Waals surface area contributed by atoms with E-state index >= 15 is 0 Å². The average molecular weight is 276 g/mol. The first-order chi connectivity index (χ1) is 9.60. The van der Waals surface area contributed by atoms with Gasteiger partial charge in [0.25, 0.3) is 0 Å². The fourth-order valence-corrected chi connectivity index (χ4v) is 2.00. The van der Waals surface area contributed by atoms with E-state index in [1.54, 1.807) is 4.68 Å². The van der Waals surface area contributed by atoms with Crippen molar-refractivity contribution in [2.75, 3.05) is 31.0 Å². The summed E-state index contributed by atoms with van der Waals surface area (Å²) in [4.78, 5) is 2.07. The topological polar surface area (TPSA) is 33.1 Å². The predicted octanol–water partition coefficient (Wildman–Crippen LogP) is 2.84. The second-order valence-corrected chi connectivity index (χ2v) is 4.99. The summed E-state index contributed by atoms with van der Waals surface area (Å²) in [5.41, 5.74) is 4.23. The molecule has 0 saturated heterocycles. The first kappa shape index (κ1) is 14.4. The third-order valence-corrected chi connectivity index (χ3v) is 3.20. The van der Waals surface area contributed by atoms with Crippen molar-refractivity contribution in [2.45, 2.75) is 20.0 Å². The van der Waals surface area contributed by atoms with Gasteiger partial charge in [0.15, 0.2) is 0 Å². The molecule has 1 heterocycles. The van der Waals surface area contributed by atoms with Crippen LogP contribution in [0.5, 0.6) is 0 Å². The lowest BCUT2D eigenvalue weighted by Gasteiger charge is -2.13. The van der Waals surface area contributed by atoms with Crippen molar-refractivity contribution < 1.29 is 4.39 Å². The normalized spacial score (nSPS) is 10.6. The summed E-state index contributed by atoms with van der Waals surface area (Å²) >= 11 is 0. The van der Waals surface area contributed by atoms with Gasteiger partial charge in [-0.2, -0.15) is 5.10 Å². The molecule has 0 aliphatic heterocycles. The van der Waals surface area contributed by atoms with E-state index in [9.17, 15) is 4.39 Å². The van der Waals surface area contributed by atoms with Gasteiger partial charge in [-0.25, -0.2) is 4.39 Å². The molecule has 0 spiro atoms. The van der Waals surface area contributed by atoms with Crippen molar-refractivity contribution in [3.8, 4) is 0 Å². The standard InChI is InChI=1S/C15H21FN4/c1-12-15(11-20(18-12)9-8-16)17-10-13-4-6-14(7-5-13)19(2)3/h4-7,11,17H,8-10H2,1-3H3. The molecule has 0 aliphatic carbocycles. The molecule has 0 saturated carbocycles. The highest BCUT2D eigenvalue weighted by atomic mass is 19.1. The first-order valence-corrected chi connectivity index (χ1v) is 6.70. The molecule has 0 fully saturated rings. The van der Waals surface area contributed by atoms with Crippen LogP contribution in [0.1, 0.15) is 11.3 Å². The van der Waals surface area contributed by atoms with Crippen molar-refractivity contribution in [1.82, 2.24) is 9.78 Å². The van der Waals surface area contributed by atoms with Gasteiger partial charge < -0.3 is 10.2 Å². The summed E-state index contributed by atoms with van der Waals surface area (Å²) in [7, 11) is 4.05. The summed E-state index contributed by atoms with van der Waals surface area (Å²) in [6.07, 6.45) is 1.85. The molecule has 0 radical (unpaired) electrons. The van der Waals surface area contributed by atoms with E-state index in [2.05, 4.69) is 39.6 Å². The first-order valence-electron chi connectivity index (χ1n) is 6.70. The van der Waals surface area contributed by atoms with Crippen LogP contribution in [0.2, 0.25) is 0 Å². The third-order valence-electron chi connectivity index (χ3n) is 3.20. The molecule has 0 atom stereocenters. The Balaban J connectivity index is 1.97. The average Bonchev–Trinajstić information content (AvgIpc) is 2.77. The number of aryl methyl sites for hydroxylation is 2. The minimum absolute atomic E-state index is 0.306. The number of hydrogen-bond acceptors (Lipinski definition) is 3. The number of nitrogens with one attached hydrogen (secondary N) is 1. The number of nitrogens with zero attached hydrogens (tertiary/aromatic N) is 3. The molecule has 2 rings (SSSR count). The molecule has 0 amide bonds. The van der Waals surface area contributed by atoms with E-state index < -0.39 is 6.67 Å². The van der Waals surface area contributed by atoms with Crippen LogP contribution in [0.25, 0.3) is 0 Å². The van der Waals surface area contributed by atoms with Crippen molar-refractivity contribution in [1.29, 1.82) is 0 Å².